The molecule has 3 heterocycles. The Balaban J connectivity index is 1.27. The lowest BCUT2D eigenvalue weighted by Gasteiger charge is -2.27. The molecule has 5 rings (SSSR count). The van der Waals surface area contributed by atoms with Crippen LogP contribution < -0.4 is 20.1 Å². The van der Waals surface area contributed by atoms with Crippen molar-refractivity contribution in [1.29, 1.82) is 0 Å². The summed E-state index contributed by atoms with van der Waals surface area (Å²) >= 11 is 0. The quantitative estimate of drug-likeness (QED) is 0.694. The molecule has 2 aromatic carbocycles. The number of aliphatic imine (C=N–C) groups is 1. The van der Waals surface area contributed by atoms with Crippen molar-refractivity contribution in [2.75, 3.05) is 25.4 Å². The monoisotopic (exact) mass is 404 g/mol. The maximum Gasteiger partial charge on any atom is 0.231 e. The molecule has 0 spiro atoms. The van der Waals surface area contributed by atoms with Crippen LogP contribution in [0.25, 0.3) is 10.9 Å². The number of nitrogens with one attached hydrogen (secondary N) is 2. The van der Waals surface area contributed by atoms with Crippen LogP contribution in [-0.2, 0) is 6.54 Å². The highest BCUT2D eigenvalue weighted by atomic mass is 16.7. The fourth-order valence-corrected chi connectivity index (χ4v) is 3.85. The SMILES string of the molecule is Cc1cc(C)c2nc(NC3=NCN(Cc4ccc5c(c4)OCO5)CN3)nc(C)c2c1. The first kappa shape index (κ1) is 18.6. The molecular formula is C22H24N6O2. The normalized spacial score (nSPS) is 15.8. The molecule has 0 aliphatic carbocycles. The molecule has 0 saturated carbocycles. The van der Waals surface area contributed by atoms with E-state index in [4.69, 9.17) is 14.5 Å². The second kappa shape index (κ2) is 7.46. The second-order valence-electron chi connectivity index (χ2n) is 7.74. The lowest BCUT2D eigenvalue weighted by molar-refractivity contribution is 0.174. The number of fused-ring (bicyclic) bond motifs is 2. The summed E-state index contributed by atoms with van der Waals surface area (Å²) < 4.78 is 10.8. The van der Waals surface area contributed by atoms with Gasteiger partial charge in [-0.15, -0.1) is 0 Å². The Morgan fingerprint density at radius 3 is 2.77 bits per heavy atom. The number of anilines is 1. The van der Waals surface area contributed by atoms with Crippen molar-refractivity contribution in [2.45, 2.75) is 27.3 Å². The van der Waals surface area contributed by atoms with E-state index in [0.717, 1.165) is 45.8 Å². The average molecular weight is 404 g/mol. The molecule has 2 N–H and O–H groups in total. The van der Waals surface area contributed by atoms with E-state index in [1.165, 1.54) is 5.56 Å². The van der Waals surface area contributed by atoms with Gasteiger partial charge in [0.2, 0.25) is 18.7 Å². The molecule has 0 fully saturated rings. The van der Waals surface area contributed by atoms with Gasteiger partial charge in [-0.25, -0.2) is 15.0 Å². The van der Waals surface area contributed by atoms with E-state index in [-0.39, 0.29) is 0 Å². The van der Waals surface area contributed by atoms with Crippen molar-refractivity contribution in [3.05, 3.63) is 52.7 Å². The molecule has 1 aromatic heterocycles. The number of nitrogens with zero attached hydrogens (tertiary/aromatic N) is 4. The molecule has 8 nitrogen and oxygen atoms in total. The summed E-state index contributed by atoms with van der Waals surface area (Å²) in [4.78, 5) is 16.1. The molecule has 8 heteroatoms. The Hall–Kier alpha value is -3.39. The van der Waals surface area contributed by atoms with E-state index in [1.807, 2.05) is 19.1 Å². The standard InChI is InChI=1S/C22H24N6O2/c1-13-6-14(2)20-17(7-13)15(3)25-22(26-20)27-21-23-10-28(11-24-21)9-16-4-5-18-19(8-16)30-12-29-18/h4-8H,9-12H2,1-3H3,(H2,23,24,25,26,27). The van der Waals surface area contributed by atoms with Gasteiger partial charge < -0.3 is 14.8 Å². The van der Waals surface area contributed by atoms with Crippen LogP contribution in [0.15, 0.2) is 35.3 Å². The van der Waals surface area contributed by atoms with E-state index in [1.54, 1.807) is 0 Å². The molecule has 0 atom stereocenters. The van der Waals surface area contributed by atoms with Gasteiger partial charge in [0.25, 0.3) is 0 Å². The minimum atomic E-state index is 0.291. The van der Waals surface area contributed by atoms with Crippen LogP contribution in [0.1, 0.15) is 22.4 Å². The van der Waals surface area contributed by atoms with Gasteiger partial charge in [0.15, 0.2) is 11.5 Å². The number of guanidine groups is 1. The largest absolute Gasteiger partial charge is 0.454 e. The van der Waals surface area contributed by atoms with Gasteiger partial charge in [-0.1, -0.05) is 17.7 Å². The third kappa shape index (κ3) is 3.61. The summed E-state index contributed by atoms with van der Waals surface area (Å²) in [6.07, 6.45) is 0. The maximum absolute atomic E-state index is 5.46. The number of hydrogen-bond donors (Lipinski definition) is 2. The van der Waals surface area contributed by atoms with Gasteiger partial charge in [-0.05, 0) is 50.1 Å². The number of ether oxygens (including phenoxy) is 2. The molecule has 3 aromatic rings. The number of rotatable bonds is 3. The third-order valence-electron chi connectivity index (χ3n) is 5.30. The zero-order valence-corrected chi connectivity index (χ0v) is 17.3. The molecule has 2 aliphatic heterocycles. The topological polar surface area (TPSA) is 83.9 Å². The van der Waals surface area contributed by atoms with E-state index < -0.39 is 0 Å². The highest BCUT2D eigenvalue weighted by Gasteiger charge is 2.17. The fraction of sp³-hybridized carbons (Fsp3) is 0.318. The summed E-state index contributed by atoms with van der Waals surface area (Å²) in [5.41, 5.74) is 5.44. The van der Waals surface area contributed by atoms with Crippen molar-refractivity contribution in [1.82, 2.24) is 20.2 Å². The van der Waals surface area contributed by atoms with Crippen molar-refractivity contribution >= 4 is 22.8 Å². The van der Waals surface area contributed by atoms with Gasteiger partial charge in [-0.3, -0.25) is 10.2 Å². The zero-order valence-electron chi connectivity index (χ0n) is 17.3. The molecule has 30 heavy (non-hydrogen) atoms. The summed E-state index contributed by atoms with van der Waals surface area (Å²) in [5, 5.41) is 7.63. The fourth-order valence-electron chi connectivity index (χ4n) is 3.85. The zero-order chi connectivity index (χ0) is 20.7. The van der Waals surface area contributed by atoms with Crippen LogP contribution in [0.3, 0.4) is 0 Å². The van der Waals surface area contributed by atoms with Crippen molar-refractivity contribution in [2.24, 2.45) is 4.99 Å². The lowest BCUT2D eigenvalue weighted by atomic mass is 10.1. The Kier molecular flexibility index (Phi) is 4.63. The molecule has 0 bridgehead atoms. The number of hydrogen-bond acceptors (Lipinski definition) is 8. The van der Waals surface area contributed by atoms with Crippen LogP contribution in [0, 0.1) is 20.8 Å². The van der Waals surface area contributed by atoms with Crippen LogP contribution in [0.2, 0.25) is 0 Å². The molecular weight excluding hydrogens is 380 g/mol. The van der Waals surface area contributed by atoms with Gasteiger partial charge in [0.05, 0.1) is 24.5 Å². The van der Waals surface area contributed by atoms with Crippen LogP contribution >= 0.6 is 0 Å². The summed E-state index contributed by atoms with van der Waals surface area (Å²) in [6.45, 7) is 8.49. The van der Waals surface area contributed by atoms with Crippen LogP contribution in [-0.4, -0.2) is 41.0 Å². The number of benzene rings is 2. The lowest BCUT2D eigenvalue weighted by Crippen LogP contribution is -2.45. The smallest absolute Gasteiger partial charge is 0.231 e. The number of aryl methyl sites for hydroxylation is 3. The van der Waals surface area contributed by atoms with Gasteiger partial charge >= 0.3 is 0 Å². The van der Waals surface area contributed by atoms with E-state index >= 15 is 0 Å². The van der Waals surface area contributed by atoms with Crippen molar-refractivity contribution in [3.63, 3.8) is 0 Å². The Morgan fingerprint density at radius 1 is 1.07 bits per heavy atom. The first-order valence-corrected chi connectivity index (χ1v) is 9.97. The Bertz CT molecular complexity index is 1160. The van der Waals surface area contributed by atoms with Crippen LogP contribution in [0.5, 0.6) is 11.5 Å². The summed E-state index contributed by atoms with van der Waals surface area (Å²) in [6, 6.07) is 10.3. The van der Waals surface area contributed by atoms with Crippen molar-refractivity contribution in [3.8, 4) is 11.5 Å². The first-order chi connectivity index (χ1) is 14.5. The molecule has 0 unspecified atom stereocenters. The second-order valence-corrected chi connectivity index (χ2v) is 7.74. The minimum Gasteiger partial charge on any atom is -0.454 e. The summed E-state index contributed by atoms with van der Waals surface area (Å²) in [5.74, 6) is 2.84. The predicted octanol–water partition coefficient (Wildman–Crippen LogP) is 3.07. The third-order valence-corrected chi connectivity index (χ3v) is 5.30. The first-order valence-electron chi connectivity index (χ1n) is 9.97. The molecule has 154 valence electrons. The number of aromatic nitrogens is 2. The van der Waals surface area contributed by atoms with Gasteiger partial charge in [0, 0.05) is 11.9 Å². The highest BCUT2D eigenvalue weighted by molar-refractivity contribution is 5.94. The van der Waals surface area contributed by atoms with E-state index in [9.17, 15) is 0 Å². The van der Waals surface area contributed by atoms with Crippen molar-refractivity contribution < 1.29 is 9.47 Å². The Labute approximate surface area is 174 Å². The van der Waals surface area contributed by atoms with Crippen LogP contribution in [0.4, 0.5) is 5.95 Å². The predicted molar refractivity (Wildman–Crippen MR) is 116 cm³/mol. The molecule has 0 radical (unpaired) electrons. The minimum absolute atomic E-state index is 0.291. The molecule has 2 aliphatic rings. The summed E-state index contributed by atoms with van der Waals surface area (Å²) in [7, 11) is 0. The molecule has 0 saturated heterocycles. The maximum atomic E-state index is 5.46. The van der Waals surface area contributed by atoms with Gasteiger partial charge in [0.1, 0.15) is 0 Å². The van der Waals surface area contributed by atoms with E-state index in [0.29, 0.717) is 32.0 Å². The average Bonchev–Trinajstić information content (AvgIpc) is 3.18. The van der Waals surface area contributed by atoms with E-state index in [2.05, 4.69) is 57.6 Å². The Morgan fingerprint density at radius 2 is 1.93 bits per heavy atom. The highest BCUT2D eigenvalue weighted by Crippen LogP contribution is 2.32. The van der Waals surface area contributed by atoms with Gasteiger partial charge in [-0.2, -0.15) is 0 Å². The molecule has 0 amide bonds.